The molecule has 7 nitrogen and oxygen atoms in total. The zero-order valence-corrected chi connectivity index (χ0v) is 17.7. The summed E-state index contributed by atoms with van der Waals surface area (Å²) >= 11 is 6.35. The summed E-state index contributed by atoms with van der Waals surface area (Å²) in [5.74, 6) is 0.799. The second-order valence-corrected chi connectivity index (χ2v) is 7.26. The molecule has 0 aromatic heterocycles. The zero-order valence-electron chi connectivity index (χ0n) is 17.0. The van der Waals surface area contributed by atoms with Crippen LogP contribution >= 0.6 is 11.6 Å². The monoisotopic (exact) mass is 440 g/mol. The minimum absolute atomic E-state index is 0.464. The van der Waals surface area contributed by atoms with Crippen molar-refractivity contribution in [2.24, 2.45) is 0 Å². The first-order chi connectivity index (χ1) is 14.4. The van der Waals surface area contributed by atoms with E-state index in [-0.39, 0.29) is 0 Å². The van der Waals surface area contributed by atoms with Crippen molar-refractivity contribution < 1.29 is 35.0 Å². The topological polar surface area (TPSA) is 120 Å². The van der Waals surface area contributed by atoms with Crippen molar-refractivity contribution in [1.29, 1.82) is 0 Å². The van der Waals surface area contributed by atoms with Crippen LogP contribution in [0.1, 0.15) is 29.7 Å². The standard InChI is InChI=1S/C21H25ClO6.CH4O/c1-2-27-15-6-3-12(4-7-15)9-14-10-13(5-8-16(14)22)21-20(26)19(25)18(24)17(11-23)28-21;1-2/h3-8,10,17-21,23-26H,2,9,11H2,1H3;2H,1H3/t17-,18-,19+,20-,21+;/m1./s1. The van der Waals surface area contributed by atoms with E-state index in [1.54, 1.807) is 12.1 Å². The van der Waals surface area contributed by atoms with Crippen LogP contribution in [0.15, 0.2) is 42.5 Å². The smallest absolute Gasteiger partial charge is 0.119 e. The van der Waals surface area contributed by atoms with Crippen molar-refractivity contribution in [3.8, 4) is 5.75 Å². The maximum atomic E-state index is 10.3. The van der Waals surface area contributed by atoms with E-state index in [4.69, 9.17) is 26.2 Å². The summed E-state index contributed by atoms with van der Waals surface area (Å²) in [7, 11) is 1.00. The fraction of sp³-hybridized carbons (Fsp3) is 0.455. The quantitative estimate of drug-likeness (QED) is 0.461. The van der Waals surface area contributed by atoms with Crippen molar-refractivity contribution in [2.75, 3.05) is 20.3 Å². The molecule has 1 heterocycles. The molecular weight excluding hydrogens is 412 g/mol. The number of benzene rings is 2. The molecule has 3 rings (SSSR count). The lowest BCUT2D eigenvalue weighted by atomic mass is 9.90. The Morgan fingerprint density at radius 1 is 0.967 bits per heavy atom. The van der Waals surface area contributed by atoms with Crippen LogP contribution in [-0.2, 0) is 11.2 Å². The number of ether oxygens (including phenoxy) is 2. The summed E-state index contributed by atoms with van der Waals surface area (Å²) in [6.07, 6.45) is -5.39. The number of hydrogen-bond donors (Lipinski definition) is 5. The predicted molar refractivity (Wildman–Crippen MR) is 113 cm³/mol. The lowest BCUT2D eigenvalue weighted by Crippen LogP contribution is -2.55. The van der Waals surface area contributed by atoms with Gasteiger partial charge in [-0.1, -0.05) is 35.9 Å². The third-order valence-corrected chi connectivity index (χ3v) is 5.29. The van der Waals surface area contributed by atoms with Crippen LogP contribution in [-0.4, -0.2) is 70.3 Å². The zero-order chi connectivity index (χ0) is 22.3. The molecule has 5 atom stereocenters. The maximum Gasteiger partial charge on any atom is 0.119 e. The highest BCUT2D eigenvalue weighted by molar-refractivity contribution is 6.31. The van der Waals surface area contributed by atoms with E-state index >= 15 is 0 Å². The highest BCUT2D eigenvalue weighted by atomic mass is 35.5. The normalized spacial score (nSPS) is 25.9. The van der Waals surface area contributed by atoms with Gasteiger partial charge in [-0.05, 0) is 48.2 Å². The van der Waals surface area contributed by atoms with Gasteiger partial charge < -0.3 is 35.0 Å². The van der Waals surface area contributed by atoms with E-state index in [2.05, 4.69) is 0 Å². The van der Waals surface area contributed by atoms with Crippen LogP contribution < -0.4 is 4.74 Å². The van der Waals surface area contributed by atoms with Crippen molar-refractivity contribution in [3.05, 3.63) is 64.2 Å². The van der Waals surface area contributed by atoms with Crippen molar-refractivity contribution >= 4 is 11.6 Å². The summed E-state index contributed by atoms with van der Waals surface area (Å²) in [5, 5.41) is 47.3. The molecule has 2 aromatic rings. The molecule has 5 N–H and O–H groups in total. The van der Waals surface area contributed by atoms with Crippen LogP contribution in [0, 0.1) is 0 Å². The minimum atomic E-state index is -1.42. The Morgan fingerprint density at radius 2 is 1.63 bits per heavy atom. The van der Waals surface area contributed by atoms with Gasteiger partial charge in [-0.25, -0.2) is 0 Å². The van der Waals surface area contributed by atoms with Crippen LogP contribution in [0.25, 0.3) is 0 Å². The fourth-order valence-electron chi connectivity index (χ4n) is 3.37. The number of aliphatic hydroxyl groups is 5. The van der Waals surface area contributed by atoms with Gasteiger partial charge in [0.05, 0.1) is 13.2 Å². The molecule has 1 saturated heterocycles. The maximum absolute atomic E-state index is 10.3. The first-order valence-electron chi connectivity index (χ1n) is 9.70. The highest BCUT2D eigenvalue weighted by Gasteiger charge is 2.43. The van der Waals surface area contributed by atoms with Gasteiger partial charge in [0.1, 0.15) is 36.3 Å². The molecule has 0 saturated carbocycles. The van der Waals surface area contributed by atoms with Crippen LogP contribution in [0.4, 0.5) is 0 Å². The average Bonchev–Trinajstić information content (AvgIpc) is 2.77. The van der Waals surface area contributed by atoms with Crippen molar-refractivity contribution in [3.63, 3.8) is 0 Å². The molecule has 1 aliphatic rings. The molecular formula is C22H29ClO7. The van der Waals surface area contributed by atoms with E-state index in [0.29, 0.717) is 23.6 Å². The molecule has 0 bridgehead atoms. The third kappa shape index (κ3) is 5.70. The van der Waals surface area contributed by atoms with Crippen molar-refractivity contribution in [2.45, 2.75) is 43.9 Å². The van der Waals surface area contributed by atoms with Gasteiger partial charge in [0.25, 0.3) is 0 Å². The van der Waals surface area contributed by atoms with Gasteiger partial charge in [-0.2, -0.15) is 0 Å². The van der Waals surface area contributed by atoms with E-state index in [0.717, 1.165) is 24.0 Å². The lowest BCUT2D eigenvalue weighted by molar-refractivity contribution is -0.231. The molecule has 8 heteroatoms. The van der Waals surface area contributed by atoms with Gasteiger partial charge in [-0.15, -0.1) is 0 Å². The molecule has 0 spiro atoms. The molecule has 1 fully saturated rings. The van der Waals surface area contributed by atoms with Crippen LogP contribution in [0.3, 0.4) is 0 Å². The number of hydrogen-bond acceptors (Lipinski definition) is 7. The predicted octanol–water partition coefficient (Wildman–Crippen LogP) is 1.45. The number of halogens is 1. The average molecular weight is 441 g/mol. The summed E-state index contributed by atoms with van der Waals surface area (Å²) < 4.78 is 11.1. The SMILES string of the molecule is CCOc1ccc(Cc2cc([C@@H]3O[C@H](CO)[C@@H](O)[C@H](O)[C@H]3O)ccc2Cl)cc1.CO. The van der Waals surface area contributed by atoms with Gasteiger partial charge in [0.2, 0.25) is 0 Å². The summed E-state index contributed by atoms with van der Waals surface area (Å²) in [6.45, 7) is 2.07. The van der Waals surface area contributed by atoms with E-state index in [1.807, 2.05) is 37.3 Å². The third-order valence-electron chi connectivity index (χ3n) is 4.92. The second kappa shape index (κ2) is 11.6. The Labute approximate surface area is 181 Å². The first-order valence-corrected chi connectivity index (χ1v) is 10.1. The van der Waals surface area contributed by atoms with Crippen molar-refractivity contribution in [1.82, 2.24) is 0 Å². The molecule has 0 aliphatic carbocycles. The van der Waals surface area contributed by atoms with E-state index in [1.165, 1.54) is 0 Å². The Balaban J connectivity index is 0.00000155. The molecule has 1 aliphatic heterocycles. The fourth-order valence-corrected chi connectivity index (χ4v) is 3.56. The molecule has 0 amide bonds. The van der Waals surface area contributed by atoms with Crippen LogP contribution in [0.2, 0.25) is 5.02 Å². The Bertz CT molecular complexity index is 782. The Morgan fingerprint density at radius 3 is 2.23 bits per heavy atom. The minimum Gasteiger partial charge on any atom is -0.494 e. The Kier molecular flexibility index (Phi) is 9.51. The second-order valence-electron chi connectivity index (χ2n) is 6.85. The molecule has 0 radical (unpaired) electrons. The van der Waals surface area contributed by atoms with Gasteiger partial charge in [0.15, 0.2) is 0 Å². The first kappa shape index (κ1) is 24.6. The summed E-state index contributed by atoms with van der Waals surface area (Å²) in [5.41, 5.74) is 2.49. The molecule has 2 aromatic carbocycles. The largest absolute Gasteiger partial charge is 0.494 e. The lowest BCUT2D eigenvalue weighted by Gasteiger charge is -2.40. The summed E-state index contributed by atoms with van der Waals surface area (Å²) in [4.78, 5) is 0. The van der Waals surface area contributed by atoms with Gasteiger partial charge in [0, 0.05) is 12.1 Å². The van der Waals surface area contributed by atoms with Gasteiger partial charge >= 0.3 is 0 Å². The number of aliphatic hydroxyl groups excluding tert-OH is 5. The van der Waals surface area contributed by atoms with E-state index < -0.39 is 37.1 Å². The summed E-state index contributed by atoms with van der Waals surface area (Å²) in [6, 6.07) is 12.9. The molecule has 0 unspecified atom stereocenters. The molecule has 30 heavy (non-hydrogen) atoms. The Hall–Kier alpha value is -1.71. The van der Waals surface area contributed by atoms with Gasteiger partial charge in [-0.3, -0.25) is 0 Å². The van der Waals surface area contributed by atoms with E-state index in [9.17, 15) is 20.4 Å². The number of rotatable bonds is 6. The van der Waals surface area contributed by atoms with Crippen LogP contribution in [0.5, 0.6) is 5.75 Å². The highest BCUT2D eigenvalue weighted by Crippen LogP contribution is 2.34. The molecule has 166 valence electrons.